The zero-order valence-corrected chi connectivity index (χ0v) is 14.3. The maximum absolute atomic E-state index is 12.4. The van der Waals surface area contributed by atoms with Crippen LogP contribution in [0.2, 0.25) is 0 Å². The summed E-state index contributed by atoms with van der Waals surface area (Å²) in [6.45, 7) is 3.29. The minimum Gasteiger partial charge on any atom is -0.340 e. The number of hydrogen-bond donors (Lipinski definition) is 1. The molecular weight excluding hydrogens is 317 g/mol. The Morgan fingerprint density at radius 2 is 2.20 bits per heavy atom. The van der Waals surface area contributed by atoms with Gasteiger partial charge in [0.2, 0.25) is 5.91 Å². The van der Waals surface area contributed by atoms with Gasteiger partial charge in [0.05, 0.1) is 17.7 Å². The monoisotopic (exact) mass is 339 g/mol. The van der Waals surface area contributed by atoms with Crippen LogP contribution in [-0.4, -0.2) is 29.4 Å². The summed E-state index contributed by atoms with van der Waals surface area (Å²) < 4.78 is 0. The molecule has 1 aliphatic carbocycles. The summed E-state index contributed by atoms with van der Waals surface area (Å²) in [5.74, 6) is 0.756. The van der Waals surface area contributed by atoms with Gasteiger partial charge in [0.25, 0.3) is 0 Å². The average molecular weight is 340 g/mol. The van der Waals surface area contributed by atoms with E-state index in [1.54, 1.807) is 11.3 Å². The number of carbonyl (C=O) groups is 1. The first-order valence-electron chi connectivity index (χ1n) is 6.47. The summed E-state index contributed by atoms with van der Waals surface area (Å²) in [6, 6.07) is 0. The molecule has 0 bridgehead atoms. The molecule has 1 aromatic heterocycles. The van der Waals surface area contributed by atoms with Crippen LogP contribution in [0.5, 0.6) is 0 Å². The number of rotatable bonds is 4. The predicted octanol–water partition coefficient (Wildman–Crippen LogP) is 2.63. The van der Waals surface area contributed by atoms with Gasteiger partial charge in [0.1, 0.15) is 0 Å². The van der Waals surface area contributed by atoms with E-state index in [0.717, 1.165) is 25.0 Å². The average Bonchev–Trinajstić information content (AvgIpc) is 2.97. The first-order valence-corrected chi connectivity index (χ1v) is 7.35. The molecule has 0 saturated heterocycles. The number of hydrogen-bond acceptors (Lipinski definition) is 4. The number of nitrogens with two attached hydrogens (primary N) is 1. The largest absolute Gasteiger partial charge is 0.340 e. The van der Waals surface area contributed by atoms with Crippen LogP contribution >= 0.6 is 36.2 Å². The molecule has 1 aromatic rings. The molecule has 2 N–H and O–H groups in total. The van der Waals surface area contributed by atoms with Crippen molar-refractivity contribution in [3.63, 3.8) is 0 Å². The molecule has 0 radical (unpaired) electrons. The van der Waals surface area contributed by atoms with E-state index in [9.17, 15) is 4.79 Å². The molecule has 1 aliphatic rings. The minimum atomic E-state index is 0. The SMILES string of the molecule is Cc1ncsc1CN(C)C(=O)[C@@H]1CCC[C@@H]1CN.Cl.Cl. The van der Waals surface area contributed by atoms with Crippen molar-refractivity contribution >= 4 is 42.1 Å². The maximum atomic E-state index is 12.4. The lowest BCUT2D eigenvalue weighted by atomic mass is 9.95. The van der Waals surface area contributed by atoms with Crippen LogP contribution in [0.15, 0.2) is 5.51 Å². The van der Waals surface area contributed by atoms with Crippen LogP contribution in [0, 0.1) is 18.8 Å². The fourth-order valence-electron chi connectivity index (χ4n) is 2.70. The number of nitrogens with zero attached hydrogens (tertiary/aromatic N) is 2. The van der Waals surface area contributed by atoms with Crippen molar-refractivity contribution in [3.05, 3.63) is 16.1 Å². The second-order valence-electron chi connectivity index (χ2n) is 5.09. The Hall–Kier alpha value is -0.360. The molecule has 2 rings (SSSR count). The first-order chi connectivity index (χ1) is 8.63. The predicted molar refractivity (Wildman–Crippen MR) is 87.7 cm³/mol. The summed E-state index contributed by atoms with van der Waals surface area (Å²) in [5, 5.41) is 0. The molecule has 0 unspecified atom stereocenters. The molecule has 4 nitrogen and oxygen atoms in total. The van der Waals surface area contributed by atoms with E-state index >= 15 is 0 Å². The van der Waals surface area contributed by atoms with Gasteiger partial charge in [-0.2, -0.15) is 0 Å². The van der Waals surface area contributed by atoms with E-state index < -0.39 is 0 Å². The van der Waals surface area contributed by atoms with E-state index in [-0.39, 0.29) is 36.6 Å². The van der Waals surface area contributed by atoms with Crippen molar-refractivity contribution < 1.29 is 4.79 Å². The highest BCUT2D eigenvalue weighted by atomic mass is 35.5. The Labute approximate surface area is 137 Å². The number of amides is 1. The third-order valence-electron chi connectivity index (χ3n) is 3.88. The fraction of sp³-hybridized carbons (Fsp3) is 0.692. The normalized spacial score (nSPS) is 20.9. The molecule has 1 amide bonds. The van der Waals surface area contributed by atoms with Gasteiger partial charge in [-0.15, -0.1) is 36.2 Å². The highest BCUT2D eigenvalue weighted by molar-refractivity contribution is 7.09. The lowest BCUT2D eigenvalue weighted by Crippen LogP contribution is -2.36. The van der Waals surface area contributed by atoms with E-state index in [1.807, 2.05) is 24.4 Å². The molecule has 1 fully saturated rings. The highest BCUT2D eigenvalue weighted by Gasteiger charge is 2.33. The number of aryl methyl sites for hydroxylation is 1. The van der Waals surface area contributed by atoms with Crippen molar-refractivity contribution in [2.45, 2.75) is 32.7 Å². The first kappa shape index (κ1) is 19.6. The molecule has 7 heteroatoms. The Bertz CT molecular complexity index is 428. The van der Waals surface area contributed by atoms with Gasteiger partial charge >= 0.3 is 0 Å². The number of thiazole rings is 1. The number of carbonyl (C=O) groups excluding carboxylic acids is 1. The molecule has 0 aliphatic heterocycles. The quantitative estimate of drug-likeness (QED) is 0.917. The topological polar surface area (TPSA) is 59.2 Å². The standard InChI is InChI=1S/C13H21N3OS.2ClH/c1-9-12(18-8-15-9)7-16(2)13(17)11-5-3-4-10(11)6-14;;/h8,10-11H,3-7,14H2,1-2H3;2*1H/t10-,11-;;/m1../s1. The number of halogens is 2. The second kappa shape index (κ2) is 8.82. The summed E-state index contributed by atoms with van der Waals surface area (Å²) in [5.41, 5.74) is 8.61. The van der Waals surface area contributed by atoms with Gasteiger partial charge in [-0.05, 0) is 32.2 Å². The number of aromatic nitrogens is 1. The van der Waals surface area contributed by atoms with Crippen LogP contribution in [0.3, 0.4) is 0 Å². The third-order valence-corrected chi connectivity index (χ3v) is 4.80. The Morgan fingerprint density at radius 3 is 2.75 bits per heavy atom. The Balaban J connectivity index is 0.00000180. The van der Waals surface area contributed by atoms with E-state index in [0.29, 0.717) is 19.0 Å². The summed E-state index contributed by atoms with van der Waals surface area (Å²) in [6.07, 6.45) is 3.22. The van der Waals surface area contributed by atoms with E-state index in [2.05, 4.69) is 4.98 Å². The zero-order valence-electron chi connectivity index (χ0n) is 11.9. The lowest BCUT2D eigenvalue weighted by molar-refractivity contribution is -0.135. The maximum Gasteiger partial charge on any atom is 0.226 e. The Kier molecular flexibility index (Phi) is 8.66. The molecular formula is C13H23Cl2N3OS. The van der Waals surface area contributed by atoms with E-state index in [4.69, 9.17) is 5.73 Å². The highest BCUT2D eigenvalue weighted by Crippen LogP contribution is 2.32. The Morgan fingerprint density at radius 1 is 1.50 bits per heavy atom. The molecule has 1 heterocycles. The summed E-state index contributed by atoms with van der Waals surface area (Å²) in [4.78, 5) is 19.6. The van der Waals surface area contributed by atoms with Gasteiger partial charge in [-0.1, -0.05) is 6.42 Å². The van der Waals surface area contributed by atoms with Crippen LogP contribution in [-0.2, 0) is 11.3 Å². The van der Waals surface area contributed by atoms with Crippen molar-refractivity contribution in [2.24, 2.45) is 17.6 Å². The van der Waals surface area contributed by atoms with Crippen LogP contribution in [0.25, 0.3) is 0 Å². The fourth-order valence-corrected chi connectivity index (χ4v) is 3.53. The van der Waals surface area contributed by atoms with Crippen LogP contribution in [0.4, 0.5) is 0 Å². The third kappa shape index (κ3) is 4.32. The van der Waals surface area contributed by atoms with Gasteiger partial charge in [0.15, 0.2) is 0 Å². The van der Waals surface area contributed by atoms with Crippen molar-refractivity contribution in [2.75, 3.05) is 13.6 Å². The van der Waals surface area contributed by atoms with Gasteiger partial charge in [0, 0.05) is 17.8 Å². The molecule has 2 atom stereocenters. The van der Waals surface area contributed by atoms with Crippen molar-refractivity contribution in [3.8, 4) is 0 Å². The van der Waals surface area contributed by atoms with Gasteiger partial charge < -0.3 is 10.6 Å². The molecule has 116 valence electrons. The molecule has 0 spiro atoms. The summed E-state index contributed by atoms with van der Waals surface area (Å²) in [7, 11) is 1.88. The summed E-state index contributed by atoms with van der Waals surface area (Å²) >= 11 is 1.61. The van der Waals surface area contributed by atoms with E-state index in [1.165, 1.54) is 4.88 Å². The lowest BCUT2D eigenvalue weighted by Gasteiger charge is -2.24. The zero-order chi connectivity index (χ0) is 13.1. The minimum absolute atomic E-state index is 0. The van der Waals surface area contributed by atoms with Crippen molar-refractivity contribution in [1.82, 2.24) is 9.88 Å². The smallest absolute Gasteiger partial charge is 0.226 e. The molecule has 0 aromatic carbocycles. The van der Waals surface area contributed by atoms with Gasteiger partial charge in [-0.3, -0.25) is 4.79 Å². The van der Waals surface area contributed by atoms with Crippen LogP contribution < -0.4 is 5.73 Å². The van der Waals surface area contributed by atoms with Gasteiger partial charge in [-0.25, -0.2) is 4.98 Å². The van der Waals surface area contributed by atoms with Crippen LogP contribution in [0.1, 0.15) is 29.8 Å². The molecule has 20 heavy (non-hydrogen) atoms. The molecule has 1 saturated carbocycles. The second-order valence-corrected chi connectivity index (χ2v) is 6.03. The van der Waals surface area contributed by atoms with Crippen molar-refractivity contribution in [1.29, 1.82) is 0 Å².